The van der Waals surface area contributed by atoms with Crippen LogP contribution in [-0.4, -0.2) is 24.7 Å². The monoisotopic (exact) mass is 365 g/mol. The summed E-state index contributed by atoms with van der Waals surface area (Å²) in [4.78, 5) is 22.6. The van der Waals surface area contributed by atoms with Gasteiger partial charge in [-0.2, -0.15) is 0 Å². The maximum Gasteiger partial charge on any atom is 1.00 e. The predicted octanol–water partition coefficient (Wildman–Crippen LogP) is -0.0773. The molecule has 2 rings (SSSR count). The number of esters is 1. The van der Waals surface area contributed by atoms with E-state index in [4.69, 9.17) is 21.1 Å². The minimum absolute atomic E-state index is 0. The molecule has 1 aliphatic rings. The predicted molar refractivity (Wildman–Crippen MR) is 83.3 cm³/mol. The summed E-state index contributed by atoms with van der Waals surface area (Å²) in [7, 11) is 0. The van der Waals surface area contributed by atoms with Gasteiger partial charge in [0.15, 0.2) is 12.3 Å². The molecule has 0 radical (unpaired) electrons. The molecular weight excluding hydrogens is 345 g/mol. The molecule has 7 heteroatoms. The van der Waals surface area contributed by atoms with E-state index >= 15 is 0 Å². The van der Waals surface area contributed by atoms with E-state index in [1.807, 2.05) is 12.1 Å². The van der Waals surface area contributed by atoms with Crippen LogP contribution in [-0.2, 0) is 25.7 Å². The van der Waals surface area contributed by atoms with Crippen LogP contribution >= 0.6 is 11.6 Å². The molecule has 1 aromatic rings. The first-order valence-corrected chi connectivity index (χ1v) is 7.77. The molecule has 0 aliphatic heterocycles. The van der Waals surface area contributed by atoms with Crippen LogP contribution in [0, 0.1) is 0 Å². The van der Waals surface area contributed by atoms with Gasteiger partial charge in [0.05, 0.1) is 6.61 Å². The van der Waals surface area contributed by atoms with Crippen LogP contribution in [0.25, 0.3) is 0 Å². The molecule has 23 heavy (non-hydrogen) atoms. The SMILES string of the molecule is O=CNCOC(=O)C1(OCc2ccc(Cl)cc2)CCCCC1.[H-].[K+]. The number of hydrogen-bond acceptors (Lipinski definition) is 4. The summed E-state index contributed by atoms with van der Waals surface area (Å²) in [6.45, 7) is 0.196. The van der Waals surface area contributed by atoms with Crippen LogP contribution in [0.1, 0.15) is 39.1 Å². The Hall–Kier alpha value is 0.0464. The molecule has 0 atom stereocenters. The van der Waals surface area contributed by atoms with E-state index in [1.54, 1.807) is 12.1 Å². The van der Waals surface area contributed by atoms with Crippen molar-refractivity contribution in [2.75, 3.05) is 6.73 Å². The fourth-order valence-corrected chi connectivity index (χ4v) is 2.73. The summed E-state index contributed by atoms with van der Waals surface area (Å²) in [6, 6.07) is 7.33. The van der Waals surface area contributed by atoms with Crippen LogP contribution < -0.4 is 56.7 Å². The fraction of sp³-hybridized carbons (Fsp3) is 0.500. The fourth-order valence-electron chi connectivity index (χ4n) is 2.61. The Balaban J connectivity index is 0.00000264. The average molecular weight is 366 g/mol. The van der Waals surface area contributed by atoms with Crippen molar-refractivity contribution < 1.29 is 71.9 Å². The summed E-state index contributed by atoms with van der Waals surface area (Å²) in [5.74, 6) is -0.407. The van der Waals surface area contributed by atoms with Gasteiger partial charge in [0.1, 0.15) is 0 Å². The molecule has 0 spiro atoms. The molecule has 1 N–H and O–H groups in total. The van der Waals surface area contributed by atoms with Crippen molar-refractivity contribution in [3.8, 4) is 0 Å². The van der Waals surface area contributed by atoms with Gasteiger partial charge in [-0.25, -0.2) is 4.79 Å². The van der Waals surface area contributed by atoms with Crippen molar-refractivity contribution >= 4 is 24.0 Å². The largest absolute Gasteiger partial charge is 1.00 e. The van der Waals surface area contributed by atoms with Gasteiger partial charge in [0, 0.05) is 5.02 Å². The quantitative estimate of drug-likeness (QED) is 0.241. The number of nitrogens with one attached hydrogen (secondary N) is 1. The molecule has 0 unspecified atom stereocenters. The first kappa shape index (κ1) is 21.1. The van der Waals surface area contributed by atoms with Gasteiger partial charge in [0.25, 0.3) is 0 Å². The maximum atomic E-state index is 12.3. The minimum atomic E-state index is -0.914. The molecule has 5 nitrogen and oxygen atoms in total. The smallest absolute Gasteiger partial charge is 1.00 e. The van der Waals surface area contributed by atoms with Crippen molar-refractivity contribution in [1.29, 1.82) is 0 Å². The Morgan fingerprint density at radius 2 is 1.91 bits per heavy atom. The van der Waals surface area contributed by atoms with E-state index < -0.39 is 11.6 Å². The number of halogens is 1. The number of carbonyl (C=O) groups is 2. The Morgan fingerprint density at radius 1 is 1.26 bits per heavy atom. The minimum Gasteiger partial charge on any atom is -1.00 e. The number of amides is 1. The molecule has 0 heterocycles. The van der Waals surface area contributed by atoms with Gasteiger partial charge in [-0.1, -0.05) is 30.2 Å². The molecule has 1 aliphatic carbocycles. The van der Waals surface area contributed by atoms with Crippen LogP contribution in [0.2, 0.25) is 5.02 Å². The Morgan fingerprint density at radius 3 is 2.52 bits per heavy atom. The van der Waals surface area contributed by atoms with Gasteiger partial charge in [-0.05, 0) is 43.4 Å². The molecule has 1 aromatic carbocycles. The summed E-state index contributed by atoms with van der Waals surface area (Å²) in [6.07, 6.45) is 4.72. The first-order chi connectivity index (χ1) is 10.7. The second kappa shape index (κ2) is 10.8. The van der Waals surface area contributed by atoms with Crippen LogP contribution in [0.15, 0.2) is 24.3 Å². The van der Waals surface area contributed by atoms with Crippen molar-refractivity contribution in [3.63, 3.8) is 0 Å². The Bertz CT molecular complexity index is 509. The second-order valence-corrected chi connectivity index (χ2v) is 5.80. The van der Waals surface area contributed by atoms with Crippen molar-refractivity contribution in [1.82, 2.24) is 5.32 Å². The first-order valence-electron chi connectivity index (χ1n) is 7.39. The molecular formula is C16H21ClKNO4. The Labute approximate surface area is 185 Å². The van der Waals surface area contributed by atoms with E-state index in [0.717, 1.165) is 24.8 Å². The molecule has 122 valence electrons. The second-order valence-electron chi connectivity index (χ2n) is 5.37. The number of hydrogen-bond donors (Lipinski definition) is 1. The van der Waals surface area contributed by atoms with E-state index in [0.29, 0.717) is 30.9 Å². The molecule has 1 saturated carbocycles. The Kier molecular flexibility index (Phi) is 9.92. The van der Waals surface area contributed by atoms with Gasteiger partial charge in [-0.3, -0.25) is 4.79 Å². The molecule has 1 amide bonds. The van der Waals surface area contributed by atoms with Gasteiger partial charge < -0.3 is 16.2 Å². The van der Waals surface area contributed by atoms with Crippen LogP contribution in [0.4, 0.5) is 0 Å². The van der Waals surface area contributed by atoms with Gasteiger partial charge in [0.2, 0.25) is 6.41 Å². The topological polar surface area (TPSA) is 64.6 Å². The zero-order valence-electron chi connectivity index (χ0n) is 14.3. The summed E-state index contributed by atoms with van der Waals surface area (Å²) in [5, 5.41) is 2.98. The third kappa shape index (κ3) is 6.46. The molecule has 1 fully saturated rings. The normalized spacial score (nSPS) is 16.0. The standard InChI is InChI=1S/C16H20ClNO4.K.H/c17-14-6-4-13(5-7-14)10-22-16(8-2-1-3-9-16)15(20)21-12-18-11-19;;/h4-7,11H,1-3,8-10,12H2,(H,18,19);;/q;+1;-1. The maximum absolute atomic E-state index is 12.3. The van der Waals surface area contributed by atoms with Gasteiger partial charge in [-0.15, -0.1) is 0 Å². The van der Waals surface area contributed by atoms with Crippen molar-refractivity contribution in [3.05, 3.63) is 34.9 Å². The molecule has 0 bridgehead atoms. The van der Waals surface area contributed by atoms with Crippen molar-refractivity contribution in [2.24, 2.45) is 0 Å². The number of benzene rings is 1. The van der Waals surface area contributed by atoms with Crippen LogP contribution in [0.3, 0.4) is 0 Å². The molecule has 0 aromatic heterocycles. The summed E-state index contributed by atoms with van der Waals surface area (Å²) >= 11 is 5.86. The zero-order valence-corrected chi connectivity index (χ0v) is 17.2. The summed E-state index contributed by atoms with van der Waals surface area (Å²) < 4.78 is 11.1. The summed E-state index contributed by atoms with van der Waals surface area (Å²) in [5.41, 5.74) is 0.0378. The van der Waals surface area contributed by atoms with Crippen LogP contribution in [0.5, 0.6) is 0 Å². The van der Waals surface area contributed by atoms with Crippen molar-refractivity contribution in [2.45, 2.75) is 44.3 Å². The average Bonchev–Trinajstić information content (AvgIpc) is 2.55. The van der Waals surface area contributed by atoms with E-state index in [-0.39, 0.29) is 59.5 Å². The third-order valence-corrected chi connectivity index (χ3v) is 4.08. The van der Waals surface area contributed by atoms with E-state index in [2.05, 4.69) is 5.32 Å². The van der Waals surface area contributed by atoms with E-state index in [1.165, 1.54) is 0 Å². The number of rotatable bonds is 7. The van der Waals surface area contributed by atoms with E-state index in [9.17, 15) is 9.59 Å². The third-order valence-electron chi connectivity index (χ3n) is 3.83. The number of carbonyl (C=O) groups excluding carboxylic acids is 2. The zero-order chi connectivity index (χ0) is 15.8. The number of ether oxygens (including phenoxy) is 2. The van der Waals surface area contributed by atoms with Gasteiger partial charge >= 0.3 is 57.4 Å². The molecule has 0 saturated heterocycles.